The van der Waals surface area contributed by atoms with Gasteiger partial charge in [-0.3, -0.25) is 13.7 Å². The molecule has 1 fully saturated rings. The van der Waals surface area contributed by atoms with Crippen molar-refractivity contribution in [2.45, 2.75) is 57.1 Å². The molecule has 17 nitrogen and oxygen atoms in total. The predicted octanol–water partition coefficient (Wildman–Crippen LogP) is 1.04. The van der Waals surface area contributed by atoms with Gasteiger partial charge >= 0.3 is 23.2 Å². The van der Waals surface area contributed by atoms with Crippen LogP contribution in [0, 0.1) is 0 Å². The SMILES string of the molecule is CCCCCCP(=O)(O)OP(=O)(O)OP(=O)(O)OC[C@H]1O[C@@H](n2cnc3c(N)ncnc32)C(O)[C@H]1O. The number of phosphoric acid groups is 2. The van der Waals surface area contributed by atoms with Crippen LogP contribution in [0.15, 0.2) is 12.7 Å². The molecule has 0 amide bonds. The molecule has 0 saturated carbocycles. The largest absolute Gasteiger partial charge is 0.488 e. The minimum atomic E-state index is -5.51. The second kappa shape index (κ2) is 11.6. The third-order valence-electron chi connectivity index (χ3n) is 5.13. The van der Waals surface area contributed by atoms with Crippen LogP contribution in [-0.2, 0) is 31.6 Å². The summed E-state index contributed by atoms with van der Waals surface area (Å²) in [5, 5.41) is 20.7. The molecule has 3 heterocycles. The fraction of sp³-hybridized carbons (Fsp3) is 0.688. The molecule has 3 rings (SSSR count). The Bertz CT molecular complexity index is 1200. The van der Waals surface area contributed by atoms with E-state index >= 15 is 0 Å². The minimum Gasteiger partial charge on any atom is -0.387 e. The number of ether oxygens (including phenoxy) is 1. The predicted molar refractivity (Wildman–Crippen MR) is 122 cm³/mol. The second-order valence-electron chi connectivity index (χ2n) is 7.95. The molecule has 7 N–H and O–H groups in total. The molecule has 4 unspecified atom stereocenters. The first-order valence-electron chi connectivity index (χ1n) is 10.7. The zero-order valence-corrected chi connectivity index (χ0v) is 21.7. The van der Waals surface area contributed by atoms with E-state index in [0.29, 0.717) is 6.42 Å². The lowest BCUT2D eigenvalue weighted by Gasteiger charge is -2.20. The maximum absolute atomic E-state index is 12.2. The van der Waals surface area contributed by atoms with Crippen molar-refractivity contribution in [3.05, 3.63) is 12.7 Å². The Morgan fingerprint density at radius 3 is 2.44 bits per heavy atom. The average Bonchev–Trinajstić information content (AvgIpc) is 3.31. The molecule has 0 aliphatic carbocycles. The summed E-state index contributed by atoms with van der Waals surface area (Å²) in [6.07, 6.45) is -1.52. The Hall–Kier alpha value is -1.32. The minimum absolute atomic E-state index is 0.0640. The Kier molecular flexibility index (Phi) is 9.42. The fourth-order valence-electron chi connectivity index (χ4n) is 3.43. The van der Waals surface area contributed by atoms with Crippen molar-refractivity contribution in [1.82, 2.24) is 19.5 Å². The van der Waals surface area contributed by atoms with Gasteiger partial charge in [0.1, 0.15) is 30.2 Å². The van der Waals surface area contributed by atoms with Crippen LogP contribution >= 0.6 is 23.2 Å². The number of phosphoric ester groups is 1. The zero-order chi connectivity index (χ0) is 26.7. The van der Waals surface area contributed by atoms with E-state index in [1.54, 1.807) is 0 Å². The van der Waals surface area contributed by atoms with Crippen molar-refractivity contribution in [2.24, 2.45) is 0 Å². The van der Waals surface area contributed by atoms with Crippen LogP contribution in [0.3, 0.4) is 0 Å². The molecule has 36 heavy (non-hydrogen) atoms. The van der Waals surface area contributed by atoms with Crippen LogP contribution in [0.4, 0.5) is 5.82 Å². The maximum atomic E-state index is 12.2. The first-order chi connectivity index (χ1) is 16.8. The number of aliphatic hydroxyl groups is 2. The summed E-state index contributed by atoms with van der Waals surface area (Å²) in [4.78, 5) is 41.0. The highest BCUT2D eigenvalue weighted by atomic mass is 31.3. The van der Waals surface area contributed by atoms with E-state index in [-0.39, 0.29) is 23.4 Å². The first-order valence-corrected chi connectivity index (χ1v) is 15.5. The molecular weight excluding hydrogens is 547 g/mol. The number of fused-ring (bicyclic) bond motifs is 1. The molecule has 0 bridgehead atoms. The van der Waals surface area contributed by atoms with Gasteiger partial charge in [-0.25, -0.2) is 28.4 Å². The normalized spacial score (nSPS) is 27.5. The number of aromatic nitrogens is 4. The molecule has 1 aliphatic heterocycles. The lowest BCUT2D eigenvalue weighted by Crippen LogP contribution is -2.33. The number of anilines is 1. The van der Waals surface area contributed by atoms with Crippen molar-refractivity contribution in [3.63, 3.8) is 0 Å². The molecule has 2 aromatic rings. The summed E-state index contributed by atoms with van der Waals surface area (Å²) in [6.45, 7) is 1.03. The van der Waals surface area contributed by atoms with Gasteiger partial charge in [-0.15, -0.1) is 0 Å². The Balaban J connectivity index is 1.59. The van der Waals surface area contributed by atoms with Crippen molar-refractivity contribution >= 4 is 40.2 Å². The van der Waals surface area contributed by atoms with E-state index in [4.69, 9.17) is 10.5 Å². The third-order valence-corrected chi connectivity index (χ3v) is 9.99. The second-order valence-corrected chi connectivity index (χ2v) is 13.1. The van der Waals surface area contributed by atoms with Crippen LogP contribution in [0.2, 0.25) is 0 Å². The molecule has 7 atom stereocenters. The van der Waals surface area contributed by atoms with E-state index in [1.165, 1.54) is 10.9 Å². The van der Waals surface area contributed by atoms with Crippen LogP contribution in [-0.4, -0.2) is 75.5 Å². The lowest BCUT2D eigenvalue weighted by molar-refractivity contribution is -0.0503. The lowest BCUT2D eigenvalue weighted by atomic mass is 10.1. The van der Waals surface area contributed by atoms with Gasteiger partial charge in [-0.2, -0.15) is 4.31 Å². The summed E-state index contributed by atoms with van der Waals surface area (Å²) >= 11 is 0. The molecule has 2 aromatic heterocycles. The highest BCUT2D eigenvalue weighted by Gasteiger charge is 2.47. The molecule has 0 radical (unpaired) electrons. The van der Waals surface area contributed by atoms with Gasteiger partial charge in [0.25, 0.3) is 0 Å². The average molecular weight is 575 g/mol. The van der Waals surface area contributed by atoms with E-state index < -0.39 is 60.5 Å². The van der Waals surface area contributed by atoms with E-state index in [0.717, 1.165) is 19.2 Å². The van der Waals surface area contributed by atoms with E-state index in [9.17, 15) is 38.6 Å². The summed E-state index contributed by atoms with van der Waals surface area (Å²) in [6, 6.07) is 0. The number of unbranched alkanes of at least 4 members (excludes halogenated alkanes) is 3. The van der Waals surface area contributed by atoms with Gasteiger partial charge in [0.05, 0.1) is 19.1 Å². The van der Waals surface area contributed by atoms with Gasteiger partial charge in [-0.1, -0.05) is 26.2 Å². The number of aliphatic hydroxyl groups excluding tert-OH is 2. The Labute approximate surface area is 205 Å². The topological polar surface area (TPSA) is 259 Å². The zero-order valence-electron chi connectivity index (χ0n) is 19.0. The quantitative estimate of drug-likeness (QED) is 0.144. The van der Waals surface area contributed by atoms with Gasteiger partial charge in [0.2, 0.25) is 0 Å². The molecular formula is C16H28N5O12P3. The summed E-state index contributed by atoms with van der Waals surface area (Å²) in [5.74, 6) is 0.0640. The van der Waals surface area contributed by atoms with Crippen molar-refractivity contribution in [1.29, 1.82) is 0 Å². The molecule has 204 valence electrons. The highest BCUT2D eigenvalue weighted by Crippen LogP contribution is 2.67. The first kappa shape index (κ1) is 29.2. The number of nitrogens with two attached hydrogens (primary N) is 1. The molecule has 1 saturated heterocycles. The van der Waals surface area contributed by atoms with E-state index in [1.807, 2.05) is 6.92 Å². The number of imidazole rings is 1. The monoisotopic (exact) mass is 575 g/mol. The van der Waals surface area contributed by atoms with Gasteiger partial charge in [-0.05, 0) is 6.42 Å². The van der Waals surface area contributed by atoms with Gasteiger partial charge in [0, 0.05) is 0 Å². The van der Waals surface area contributed by atoms with Gasteiger partial charge < -0.3 is 35.4 Å². The van der Waals surface area contributed by atoms with Crippen LogP contribution in [0.5, 0.6) is 0 Å². The molecule has 20 heteroatoms. The van der Waals surface area contributed by atoms with Crippen molar-refractivity contribution in [3.8, 4) is 0 Å². The summed E-state index contributed by atoms with van der Waals surface area (Å²) in [7, 11) is -15.5. The van der Waals surface area contributed by atoms with Crippen LogP contribution < -0.4 is 5.73 Å². The number of hydrogen-bond acceptors (Lipinski definition) is 13. The van der Waals surface area contributed by atoms with Gasteiger partial charge in [0.15, 0.2) is 17.7 Å². The van der Waals surface area contributed by atoms with Crippen LogP contribution in [0.25, 0.3) is 11.2 Å². The Morgan fingerprint density at radius 1 is 1.03 bits per heavy atom. The van der Waals surface area contributed by atoms with Crippen LogP contribution in [0.1, 0.15) is 38.8 Å². The van der Waals surface area contributed by atoms with Crippen molar-refractivity contribution < 1.29 is 56.5 Å². The number of rotatable bonds is 13. The van der Waals surface area contributed by atoms with E-state index in [2.05, 4.69) is 28.1 Å². The summed E-state index contributed by atoms with van der Waals surface area (Å²) < 4.78 is 55.8. The highest BCUT2D eigenvalue weighted by molar-refractivity contribution is 7.68. The fourth-order valence-corrected chi connectivity index (χ4v) is 7.62. The molecule has 0 aromatic carbocycles. The van der Waals surface area contributed by atoms with Crippen molar-refractivity contribution in [2.75, 3.05) is 18.5 Å². The number of nitrogen functional groups attached to an aromatic ring is 1. The summed E-state index contributed by atoms with van der Waals surface area (Å²) in [5.41, 5.74) is 6.11. The third kappa shape index (κ3) is 7.38. The molecule has 1 aliphatic rings. The smallest absolute Gasteiger partial charge is 0.387 e. The maximum Gasteiger partial charge on any atom is 0.488 e. The molecule has 0 spiro atoms. The Morgan fingerprint density at radius 2 is 1.75 bits per heavy atom. The number of nitrogens with zero attached hydrogens (tertiary/aromatic N) is 4. The number of hydrogen-bond donors (Lipinski definition) is 6. The standard InChI is InChI=1S/C16H28N5O12P3/c1-2-3-4-5-6-34(24,25)32-36(28,29)33-35(26,27)30-7-10-12(22)13(23)16(31-10)21-9-20-11-14(17)18-8-19-15(11)21/h8-10,12-13,16,22-23H,2-7H2,1H3,(H,24,25)(H,26,27)(H,28,29)(H2,17,18,19)/t10-,12+,13?,16-/m1/s1.